The topological polar surface area (TPSA) is 67.2 Å². The summed E-state index contributed by atoms with van der Waals surface area (Å²) in [6, 6.07) is 18.0. The molecular weight excluding hydrogens is 464 g/mol. The highest BCUT2D eigenvalue weighted by Gasteiger charge is 2.25. The van der Waals surface area contributed by atoms with Gasteiger partial charge in [0.25, 0.3) is 11.8 Å². The van der Waals surface area contributed by atoms with E-state index in [0.29, 0.717) is 54.7 Å². The molecule has 1 fully saturated rings. The Balaban J connectivity index is 1.15. The van der Waals surface area contributed by atoms with E-state index in [1.54, 1.807) is 58.3 Å². The maximum atomic E-state index is 13.0. The summed E-state index contributed by atoms with van der Waals surface area (Å²) >= 11 is 5.91. The number of nitrogens with zero attached hydrogens (tertiary/aromatic N) is 4. The van der Waals surface area contributed by atoms with Crippen molar-refractivity contribution in [1.82, 2.24) is 19.2 Å². The van der Waals surface area contributed by atoms with Crippen LogP contribution in [-0.4, -0.2) is 57.2 Å². The number of rotatable bonds is 5. The summed E-state index contributed by atoms with van der Waals surface area (Å²) in [7, 11) is 0. The predicted octanol–water partition coefficient (Wildman–Crippen LogP) is 4.47. The standard InChI is InChI=1S/C27H25ClN4O3/c1-19-3-2-12-32-17-23(29-25(19)32)18-35-24-10-6-21(7-11-24)27(34)31-15-13-30(14-16-31)26(33)20-4-8-22(28)9-5-20/h2-12,17H,13-16,18H2,1H3. The highest BCUT2D eigenvalue weighted by molar-refractivity contribution is 6.30. The summed E-state index contributed by atoms with van der Waals surface area (Å²) in [5.74, 6) is 0.579. The molecule has 7 nitrogen and oxygen atoms in total. The molecule has 1 saturated heterocycles. The third-order valence-corrected chi connectivity index (χ3v) is 6.41. The third kappa shape index (κ3) is 5.00. The summed E-state index contributed by atoms with van der Waals surface area (Å²) in [6.07, 6.45) is 3.92. The van der Waals surface area contributed by atoms with Crippen LogP contribution in [0.15, 0.2) is 73.1 Å². The van der Waals surface area contributed by atoms with Crippen LogP contribution in [0.2, 0.25) is 5.02 Å². The number of carbonyl (C=O) groups excluding carboxylic acids is 2. The van der Waals surface area contributed by atoms with Gasteiger partial charge in [-0.1, -0.05) is 17.7 Å². The molecule has 178 valence electrons. The van der Waals surface area contributed by atoms with Gasteiger partial charge in [-0.2, -0.15) is 0 Å². The van der Waals surface area contributed by atoms with Crippen LogP contribution in [-0.2, 0) is 6.61 Å². The molecular formula is C27H25ClN4O3. The second kappa shape index (κ2) is 9.80. The minimum absolute atomic E-state index is 0.0453. The minimum Gasteiger partial charge on any atom is -0.487 e. The van der Waals surface area contributed by atoms with Crippen molar-refractivity contribution < 1.29 is 14.3 Å². The molecule has 8 heteroatoms. The van der Waals surface area contributed by atoms with E-state index in [1.807, 2.05) is 35.9 Å². The van der Waals surface area contributed by atoms with E-state index in [-0.39, 0.29) is 11.8 Å². The maximum absolute atomic E-state index is 13.0. The van der Waals surface area contributed by atoms with Crippen molar-refractivity contribution in [3.63, 3.8) is 0 Å². The van der Waals surface area contributed by atoms with E-state index in [2.05, 4.69) is 4.98 Å². The Morgan fingerprint density at radius 2 is 1.46 bits per heavy atom. The first kappa shape index (κ1) is 22.9. The SMILES string of the molecule is Cc1cccn2cc(COc3ccc(C(=O)N4CCN(C(=O)c5ccc(Cl)cc5)CC4)cc3)nc12. The number of benzene rings is 2. The number of hydrogen-bond acceptors (Lipinski definition) is 4. The van der Waals surface area contributed by atoms with Crippen molar-refractivity contribution in [3.05, 3.63) is 100 Å². The van der Waals surface area contributed by atoms with Crippen molar-refractivity contribution in [1.29, 1.82) is 0 Å². The molecule has 0 unspecified atom stereocenters. The monoisotopic (exact) mass is 488 g/mol. The Labute approximate surface area is 208 Å². The number of amides is 2. The molecule has 5 rings (SSSR count). The molecule has 2 amide bonds. The maximum Gasteiger partial charge on any atom is 0.253 e. The molecule has 0 N–H and O–H groups in total. The van der Waals surface area contributed by atoms with Crippen molar-refractivity contribution >= 4 is 29.1 Å². The molecule has 1 aliphatic rings. The molecule has 2 aromatic heterocycles. The Morgan fingerprint density at radius 1 is 0.886 bits per heavy atom. The smallest absolute Gasteiger partial charge is 0.253 e. The number of carbonyl (C=O) groups is 2. The number of aromatic nitrogens is 2. The summed E-state index contributed by atoms with van der Waals surface area (Å²) in [5.41, 5.74) is 4.06. The van der Waals surface area contributed by atoms with E-state index < -0.39 is 0 Å². The molecule has 1 aliphatic heterocycles. The first-order valence-electron chi connectivity index (χ1n) is 11.5. The number of hydrogen-bond donors (Lipinski definition) is 0. The fourth-order valence-corrected chi connectivity index (χ4v) is 4.32. The van der Waals surface area contributed by atoms with E-state index in [1.165, 1.54) is 0 Å². The Bertz CT molecular complexity index is 1360. The average molecular weight is 489 g/mol. The van der Waals surface area contributed by atoms with Gasteiger partial charge in [0.05, 0.1) is 5.69 Å². The highest BCUT2D eigenvalue weighted by atomic mass is 35.5. The molecule has 0 atom stereocenters. The predicted molar refractivity (Wildman–Crippen MR) is 134 cm³/mol. The zero-order valence-electron chi connectivity index (χ0n) is 19.4. The third-order valence-electron chi connectivity index (χ3n) is 6.16. The number of ether oxygens (including phenoxy) is 1. The van der Waals surface area contributed by atoms with Gasteiger partial charge in [0.1, 0.15) is 18.0 Å². The second-order valence-electron chi connectivity index (χ2n) is 8.56. The Hall–Kier alpha value is -3.84. The highest BCUT2D eigenvalue weighted by Crippen LogP contribution is 2.18. The van der Waals surface area contributed by atoms with Gasteiger partial charge in [0.2, 0.25) is 0 Å². The lowest BCUT2D eigenvalue weighted by Gasteiger charge is -2.35. The fourth-order valence-electron chi connectivity index (χ4n) is 4.20. The first-order valence-corrected chi connectivity index (χ1v) is 11.9. The number of pyridine rings is 1. The number of halogens is 1. The van der Waals surface area contributed by atoms with Gasteiger partial charge in [-0.3, -0.25) is 9.59 Å². The van der Waals surface area contributed by atoms with Gasteiger partial charge in [0.15, 0.2) is 0 Å². The van der Waals surface area contributed by atoms with Gasteiger partial charge in [-0.15, -0.1) is 0 Å². The van der Waals surface area contributed by atoms with E-state index in [9.17, 15) is 9.59 Å². The fraction of sp³-hybridized carbons (Fsp3) is 0.222. The van der Waals surface area contributed by atoms with Gasteiger partial charge in [-0.05, 0) is 67.1 Å². The van der Waals surface area contributed by atoms with E-state index in [4.69, 9.17) is 16.3 Å². The molecule has 4 aromatic rings. The number of imidazole rings is 1. The summed E-state index contributed by atoms with van der Waals surface area (Å²) < 4.78 is 7.86. The Morgan fingerprint density at radius 3 is 2.03 bits per heavy atom. The summed E-state index contributed by atoms with van der Waals surface area (Å²) in [6.45, 7) is 4.34. The van der Waals surface area contributed by atoms with Crippen LogP contribution < -0.4 is 4.74 Å². The van der Waals surface area contributed by atoms with Crippen molar-refractivity contribution in [2.45, 2.75) is 13.5 Å². The quantitative estimate of drug-likeness (QED) is 0.415. The lowest BCUT2D eigenvalue weighted by atomic mass is 10.1. The molecule has 0 radical (unpaired) electrons. The molecule has 0 saturated carbocycles. The van der Waals surface area contributed by atoms with E-state index >= 15 is 0 Å². The lowest BCUT2D eigenvalue weighted by molar-refractivity contribution is 0.0535. The lowest BCUT2D eigenvalue weighted by Crippen LogP contribution is -2.50. The summed E-state index contributed by atoms with van der Waals surface area (Å²) in [4.78, 5) is 33.8. The molecule has 2 aromatic carbocycles. The van der Waals surface area contributed by atoms with Crippen LogP contribution in [0.3, 0.4) is 0 Å². The van der Waals surface area contributed by atoms with E-state index in [0.717, 1.165) is 16.9 Å². The van der Waals surface area contributed by atoms with Crippen LogP contribution in [0.5, 0.6) is 5.75 Å². The van der Waals surface area contributed by atoms with Crippen LogP contribution in [0, 0.1) is 6.92 Å². The second-order valence-corrected chi connectivity index (χ2v) is 9.00. The van der Waals surface area contributed by atoms with Crippen LogP contribution in [0.25, 0.3) is 5.65 Å². The largest absolute Gasteiger partial charge is 0.487 e. The number of piperazine rings is 1. The molecule has 0 bridgehead atoms. The zero-order valence-corrected chi connectivity index (χ0v) is 20.1. The number of fused-ring (bicyclic) bond motifs is 1. The Kier molecular flexibility index (Phi) is 6.42. The number of aryl methyl sites for hydroxylation is 1. The molecule has 35 heavy (non-hydrogen) atoms. The van der Waals surface area contributed by atoms with Crippen LogP contribution in [0.1, 0.15) is 32.0 Å². The van der Waals surface area contributed by atoms with Gasteiger partial charge < -0.3 is 18.9 Å². The van der Waals surface area contributed by atoms with Crippen molar-refractivity contribution in [2.75, 3.05) is 26.2 Å². The normalized spacial score (nSPS) is 13.8. The average Bonchev–Trinajstić information content (AvgIpc) is 3.32. The van der Waals surface area contributed by atoms with Gasteiger partial charge in [-0.25, -0.2) is 4.98 Å². The molecule has 3 heterocycles. The first-order chi connectivity index (χ1) is 17.0. The van der Waals surface area contributed by atoms with Crippen LogP contribution in [0.4, 0.5) is 0 Å². The van der Waals surface area contributed by atoms with Gasteiger partial charge >= 0.3 is 0 Å². The summed E-state index contributed by atoms with van der Waals surface area (Å²) in [5, 5.41) is 0.596. The minimum atomic E-state index is -0.0500. The van der Waals surface area contributed by atoms with Crippen LogP contribution >= 0.6 is 11.6 Å². The molecule has 0 spiro atoms. The van der Waals surface area contributed by atoms with Gasteiger partial charge in [0, 0.05) is 54.7 Å². The molecule has 0 aliphatic carbocycles. The van der Waals surface area contributed by atoms with Crippen molar-refractivity contribution in [2.24, 2.45) is 0 Å². The zero-order chi connectivity index (χ0) is 24.4. The van der Waals surface area contributed by atoms with Crippen molar-refractivity contribution in [3.8, 4) is 5.75 Å².